The number of rotatable bonds is 14. The molecule has 3 aromatic rings. The molecule has 1 heterocycles. The van der Waals surface area contributed by atoms with Crippen LogP contribution >= 0.6 is 11.6 Å². The Labute approximate surface area is 239 Å². The number of nitrogens with one attached hydrogen (secondary N) is 3. The number of carbonyl (C=O) groups excluding carboxylic acids is 2. The molecular weight excluding hydrogens is 558 g/mol. The second-order valence-electron chi connectivity index (χ2n) is 10.4. The van der Waals surface area contributed by atoms with Crippen LogP contribution in [0.3, 0.4) is 0 Å². The van der Waals surface area contributed by atoms with Crippen LogP contribution in [0, 0.1) is 10.8 Å². The molecule has 0 aliphatic heterocycles. The first-order valence-corrected chi connectivity index (χ1v) is 15.3. The monoisotopic (exact) mass is 595 g/mol. The fourth-order valence-corrected chi connectivity index (χ4v) is 5.85. The van der Waals surface area contributed by atoms with Gasteiger partial charge in [0, 0.05) is 19.1 Å². The number of amides is 2. The van der Waals surface area contributed by atoms with E-state index in [0.717, 1.165) is 5.56 Å². The average Bonchev–Trinajstić information content (AvgIpc) is 3.36. The molecule has 0 radical (unpaired) electrons. The van der Waals surface area contributed by atoms with Crippen LogP contribution in [0.2, 0.25) is 0 Å². The first-order chi connectivity index (χ1) is 18.9. The number of hydrogen-bond donors (Lipinski definition) is 5. The summed E-state index contributed by atoms with van der Waals surface area (Å²) in [6.45, 7) is 5.54. The van der Waals surface area contributed by atoms with Crippen molar-refractivity contribution < 1.29 is 32.3 Å². The Kier molecular flexibility index (Phi) is 11.2. The zero-order valence-corrected chi connectivity index (χ0v) is 24.5. The van der Waals surface area contributed by atoms with Crippen LogP contribution in [-0.2, 0) is 19.4 Å². The molecule has 10 nitrogen and oxygen atoms in total. The largest absolute Gasteiger partial charge is 0.414 e. The normalized spacial score (nSPS) is 16.2. The van der Waals surface area contributed by atoms with Gasteiger partial charge in [0.05, 0.1) is 11.4 Å². The maximum Gasteiger partial charge on any atom is 0.373 e. The van der Waals surface area contributed by atoms with Gasteiger partial charge in [-0.2, -0.15) is 0 Å². The lowest BCUT2D eigenvalue weighted by Crippen LogP contribution is -2.50. The lowest BCUT2D eigenvalue weighted by molar-refractivity contribution is -0.129. The summed E-state index contributed by atoms with van der Waals surface area (Å²) in [5.41, 5.74) is 0.0760. The molecule has 0 bridgehead atoms. The van der Waals surface area contributed by atoms with Crippen LogP contribution in [-0.4, -0.2) is 62.0 Å². The van der Waals surface area contributed by atoms with Crippen LogP contribution in [0.4, 0.5) is 0 Å². The molecule has 220 valence electrons. The molecule has 2 amide bonds. The van der Waals surface area contributed by atoms with Crippen molar-refractivity contribution in [3.63, 3.8) is 0 Å². The Balaban J connectivity index is 1.63. The third-order valence-corrected chi connectivity index (χ3v) is 8.23. The highest BCUT2D eigenvalue weighted by atomic mass is 35.5. The van der Waals surface area contributed by atoms with Gasteiger partial charge in [-0.05, 0) is 43.4 Å². The summed E-state index contributed by atoms with van der Waals surface area (Å²) >= 11 is 5.56. The molecule has 12 heteroatoms. The molecule has 2 unspecified atom stereocenters. The molecule has 0 spiro atoms. The maximum atomic E-state index is 13.1. The van der Waals surface area contributed by atoms with E-state index < -0.39 is 38.0 Å². The van der Waals surface area contributed by atoms with Crippen molar-refractivity contribution in [3.05, 3.63) is 65.1 Å². The highest BCUT2D eigenvalue weighted by Gasteiger charge is 2.29. The van der Waals surface area contributed by atoms with E-state index in [0.29, 0.717) is 30.6 Å². The van der Waals surface area contributed by atoms with Crippen LogP contribution in [0.25, 0.3) is 11.2 Å². The molecule has 40 heavy (non-hydrogen) atoms. The zero-order valence-electron chi connectivity index (χ0n) is 22.9. The van der Waals surface area contributed by atoms with E-state index >= 15 is 0 Å². The predicted octanol–water partition coefficient (Wildman–Crippen LogP) is 3.67. The summed E-state index contributed by atoms with van der Waals surface area (Å²) < 4.78 is 34.6. The van der Waals surface area contributed by atoms with Gasteiger partial charge in [0.25, 0.3) is 0 Å². The van der Waals surface area contributed by atoms with Crippen molar-refractivity contribution in [1.29, 1.82) is 0 Å². The van der Waals surface area contributed by atoms with Crippen molar-refractivity contribution in [3.8, 4) is 0 Å². The molecule has 0 fully saturated rings. The number of para-hydroxylation sites is 2. The number of hydrogen-bond acceptors (Lipinski definition) is 7. The van der Waals surface area contributed by atoms with Crippen LogP contribution < -0.4 is 16.0 Å². The quantitative estimate of drug-likeness (QED) is 0.107. The van der Waals surface area contributed by atoms with Crippen molar-refractivity contribution in [2.45, 2.75) is 51.3 Å². The maximum absolute atomic E-state index is 13.1. The standard InChI is InChI=1S/C28H38ClN3O7S/c1-19(2)25(32-24(33)16-29)26(34)30-15-9-12-21(20-10-5-4-6-11-20)31-17-28(3,35)18-40(36,37)27-38-22-13-7-8-14-23(22)39-27/h4-8,10-11,13-14,19,21,25,31,35H,9,12,15-18H2,1-3H3,(H,30,34)(H,32,33)(H,36,37)/t21?,25-,28+/m0/s1. The van der Waals surface area contributed by atoms with Crippen molar-refractivity contribution in [2.75, 3.05) is 24.7 Å². The molecule has 5 N–H and O–H groups in total. The first-order valence-electron chi connectivity index (χ1n) is 13.1. The Morgan fingerprint density at radius 1 is 1.05 bits per heavy atom. The van der Waals surface area contributed by atoms with Crippen molar-refractivity contribution in [2.24, 2.45) is 5.92 Å². The summed E-state index contributed by atoms with van der Waals surface area (Å²) in [5, 5.41) is 19.9. The second-order valence-corrected chi connectivity index (χ2v) is 12.6. The predicted molar refractivity (Wildman–Crippen MR) is 155 cm³/mol. The minimum atomic E-state index is -3.81. The molecule has 0 aliphatic carbocycles. The van der Waals surface area contributed by atoms with Gasteiger partial charge in [0.2, 0.25) is 11.8 Å². The fraction of sp³-hybridized carbons (Fsp3) is 0.464. The molecule has 1 aromatic heterocycles. The molecule has 0 saturated carbocycles. The number of aliphatic hydroxyl groups is 1. The number of fused-ring (bicyclic) bond motifs is 1. The van der Waals surface area contributed by atoms with E-state index in [1.54, 1.807) is 24.3 Å². The van der Waals surface area contributed by atoms with E-state index in [4.69, 9.17) is 20.4 Å². The van der Waals surface area contributed by atoms with Gasteiger partial charge in [0.1, 0.15) is 11.9 Å². The van der Waals surface area contributed by atoms with Crippen LogP contribution in [0.5, 0.6) is 0 Å². The average molecular weight is 596 g/mol. The summed E-state index contributed by atoms with van der Waals surface area (Å²) in [5.74, 6) is -1.52. The molecular formula is C28H38ClN3O7S. The van der Waals surface area contributed by atoms with E-state index in [9.17, 15) is 23.5 Å². The van der Waals surface area contributed by atoms with E-state index in [2.05, 4.69) is 16.0 Å². The third kappa shape index (κ3) is 9.10. The summed E-state index contributed by atoms with van der Waals surface area (Å²) in [4.78, 5) is 23.9. The van der Waals surface area contributed by atoms with Gasteiger partial charge in [-0.25, -0.2) is 4.21 Å². The van der Waals surface area contributed by atoms with E-state index in [1.807, 2.05) is 44.2 Å². The van der Waals surface area contributed by atoms with Crippen molar-refractivity contribution >= 4 is 44.4 Å². The van der Waals surface area contributed by atoms with Crippen LogP contribution in [0.15, 0.2) is 63.4 Å². The number of carbonyl (C=O) groups is 2. The molecule has 0 saturated heterocycles. The Bertz CT molecular complexity index is 1390. The molecule has 3 rings (SSSR count). The Hall–Kier alpha value is -2.83. The van der Waals surface area contributed by atoms with Crippen molar-refractivity contribution in [1.82, 2.24) is 16.0 Å². The summed E-state index contributed by atoms with van der Waals surface area (Å²) in [6.07, 6.45) is 1.21. The number of halogens is 1. The minimum absolute atomic E-state index is 0.0105. The summed E-state index contributed by atoms with van der Waals surface area (Å²) in [6, 6.07) is 15.4. The molecule has 0 aliphatic rings. The van der Waals surface area contributed by atoms with Gasteiger partial charge in [-0.3, -0.25) is 9.59 Å². The molecule has 4 atom stereocenters. The fourth-order valence-electron chi connectivity index (χ4n) is 4.27. The highest BCUT2D eigenvalue weighted by molar-refractivity contribution is 7.89. The highest BCUT2D eigenvalue weighted by Crippen LogP contribution is 2.21. The number of benzene rings is 2. The van der Waals surface area contributed by atoms with Gasteiger partial charge in [-0.15, -0.1) is 11.6 Å². The zero-order chi connectivity index (χ0) is 29.3. The van der Waals surface area contributed by atoms with E-state index in [-0.39, 0.29) is 30.3 Å². The van der Waals surface area contributed by atoms with Gasteiger partial charge in [-0.1, -0.05) is 56.3 Å². The van der Waals surface area contributed by atoms with Gasteiger partial charge >= 0.3 is 4.90 Å². The second kappa shape index (κ2) is 14.2. The Morgan fingerprint density at radius 2 is 1.65 bits per heavy atom. The van der Waals surface area contributed by atoms with Gasteiger partial charge < -0.3 is 34.4 Å². The lowest BCUT2D eigenvalue weighted by Gasteiger charge is -2.27. The molecule has 2 aromatic carbocycles. The lowest BCUT2D eigenvalue weighted by atomic mass is 10.00. The Morgan fingerprint density at radius 3 is 2.23 bits per heavy atom. The topological polar surface area (TPSA) is 154 Å². The minimum Gasteiger partial charge on any atom is -0.414 e. The van der Waals surface area contributed by atoms with Gasteiger partial charge in [0.15, 0.2) is 21.0 Å². The first kappa shape index (κ1) is 31.7. The smallest absolute Gasteiger partial charge is 0.373 e. The van der Waals surface area contributed by atoms with E-state index in [1.165, 1.54) is 6.92 Å². The third-order valence-electron chi connectivity index (χ3n) is 6.29. The van der Waals surface area contributed by atoms with Crippen LogP contribution in [0.1, 0.15) is 45.2 Å². The summed E-state index contributed by atoms with van der Waals surface area (Å²) in [7, 11) is -3.81. The number of alkyl halides is 1. The SMILES string of the molecule is CC(C)[C@H](NC(=O)CCl)C(=O)NCCCC(NC[C@@](C)(O)CS(=O)(O)=c1oc2ccccc2o1)c1ccccc1.